The van der Waals surface area contributed by atoms with E-state index in [1.165, 1.54) is 58.3 Å². The number of nitrogens with one attached hydrogen (secondary N) is 2. The lowest BCUT2D eigenvalue weighted by atomic mass is 9.95. The number of carbonyl (C=O) groups is 2. The molecule has 0 aromatic carbocycles. The average molecular weight is 869 g/mol. The number of hydrogen-bond donors (Lipinski definition) is 12. The summed E-state index contributed by atoms with van der Waals surface area (Å²) in [6.07, 6.45) is -7.53. The average Bonchev–Trinajstić information content (AvgIpc) is 3.21. The summed E-state index contributed by atoms with van der Waals surface area (Å²) in [6.45, 7) is 1.75. The molecule has 0 unspecified atom stereocenters. The van der Waals surface area contributed by atoms with E-state index in [4.69, 9.17) is 28.4 Å². The molecule has 3 heterocycles. The molecule has 0 bridgehead atoms. The third-order valence-corrected chi connectivity index (χ3v) is 11.0. The van der Waals surface area contributed by atoms with Crippen molar-refractivity contribution in [2.24, 2.45) is 0 Å². The predicted molar refractivity (Wildman–Crippen MR) is 210 cm³/mol. The molecular formula is C40H72N2O18. The SMILES string of the molecule is CCCCCCCCCCCCCC=C[C@@H](O)[C@H](CO[C@@H]1O[C@H](CO)[C@@H](O[C@@H]2O[C@H](CO)[C@H](O)[C@H](O[C@@H]3O[C@H](CO)[C@@H](O)[C@H](O)[C@H]3NC(C)=O)[C@H]2O)[C@H](O)[C@H]1O)NC(C)=O. The van der Waals surface area contributed by atoms with Crippen LogP contribution in [-0.2, 0) is 38.0 Å². The Labute approximate surface area is 351 Å². The Kier molecular flexibility index (Phi) is 23.8. The number of amides is 2. The summed E-state index contributed by atoms with van der Waals surface area (Å²) in [5, 5.41) is 111. The smallest absolute Gasteiger partial charge is 0.217 e. The first-order valence-corrected chi connectivity index (χ1v) is 21.4. The van der Waals surface area contributed by atoms with Crippen LogP contribution in [0.1, 0.15) is 97.8 Å². The molecule has 0 aromatic heterocycles. The van der Waals surface area contributed by atoms with Crippen molar-refractivity contribution >= 4 is 11.8 Å². The first kappa shape index (κ1) is 52.4. The van der Waals surface area contributed by atoms with Gasteiger partial charge in [0, 0.05) is 13.8 Å². The van der Waals surface area contributed by atoms with Crippen molar-refractivity contribution in [2.45, 2.75) is 202 Å². The fraction of sp³-hybridized carbons (Fsp3) is 0.900. The minimum atomic E-state index is -1.97. The van der Waals surface area contributed by atoms with Crippen molar-refractivity contribution in [3.63, 3.8) is 0 Å². The van der Waals surface area contributed by atoms with Crippen LogP contribution >= 0.6 is 0 Å². The molecule has 3 aliphatic heterocycles. The van der Waals surface area contributed by atoms with E-state index in [2.05, 4.69) is 17.6 Å². The summed E-state index contributed by atoms with van der Waals surface area (Å²) in [5.41, 5.74) is 0. The number of rotatable bonds is 26. The van der Waals surface area contributed by atoms with Crippen LogP contribution in [0.25, 0.3) is 0 Å². The zero-order valence-corrected chi connectivity index (χ0v) is 35.0. The van der Waals surface area contributed by atoms with E-state index >= 15 is 0 Å². The zero-order chi connectivity index (χ0) is 44.4. The topological polar surface area (TPSA) is 316 Å². The maximum atomic E-state index is 12.0. The van der Waals surface area contributed by atoms with Crippen molar-refractivity contribution in [2.75, 3.05) is 26.4 Å². The number of unbranched alkanes of at least 4 members (excludes halogenated alkanes) is 11. The number of ether oxygens (including phenoxy) is 6. The standard InChI is InChI=1S/C40H72N2O18/c1-4-5-6-7-8-9-10-11-12-13-14-15-16-17-25(48)24(41-22(2)46)21-55-39-34(53)33(52)36(28(20-45)58-39)59-40-35(54)37(31(50)27(19-44)57-40)60-38-29(42-23(3)47)32(51)30(49)26(18-43)56-38/h16-17,24-40,43-45,48-54H,4-15,18-21H2,1-3H3,(H,41,46)(H,42,47)/t24-,25+,26+,27+,28+,29+,30+,31-,32+,33+,34+,35+,36+,37-,38-,39+,40-/m0/s1. The number of carbonyl (C=O) groups excluding carboxylic acids is 2. The fourth-order valence-electron chi connectivity index (χ4n) is 7.56. The predicted octanol–water partition coefficient (Wildman–Crippen LogP) is -2.28. The van der Waals surface area contributed by atoms with Gasteiger partial charge in [-0.3, -0.25) is 9.59 Å². The van der Waals surface area contributed by atoms with E-state index in [1.54, 1.807) is 6.08 Å². The van der Waals surface area contributed by atoms with Crippen LogP contribution in [0.4, 0.5) is 0 Å². The quantitative estimate of drug-likeness (QED) is 0.0322. The monoisotopic (exact) mass is 868 g/mol. The third-order valence-electron chi connectivity index (χ3n) is 11.0. The Hall–Kier alpha value is -1.96. The van der Waals surface area contributed by atoms with Crippen LogP contribution in [0.3, 0.4) is 0 Å². The van der Waals surface area contributed by atoms with Crippen LogP contribution < -0.4 is 10.6 Å². The zero-order valence-electron chi connectivity index (χ0n) is 35.0. The summed E-state index contributed by atoms with van der Waals surface area (Å²) >= 11 is 0. The maximum absolute atomic E-state index is 12.0. The van der Waals surface area contributed by atoms with Crippen molar-refractivity contribution in [3.8, 4) is 0 Å². The van der Waals surface area contributed by atoms with Gasteiger partial charge < -0.3 is 90.1 Å². The molecule has 20 heteroatoms. The van der Waals surface area contributed by atoms with E-state index in [1.807, 2.05) is 6.08 Å². The highest BCUT2D eigenvalue weighted by molar-refractivity contribution is 5.73. The molecule has 3 rings (SSSR count). The van der Waals surface area contributed by atoms with E-state index in [9.17, 15) is 60.7 Å². The van der Waals surface area contributed by atoms with Gasteiger partial charge in [-0.05, 0) is 12.8 Å². The third kappa shape index (κ3) is 15.7. The molecule has 0 aliphatic carbocycles. The molecule has 0 radical (unpaired) electrons. The lowest BCUT2D eigenvalue weighted by Gasteiger charge is -2.48. The lowest BCUT2D eigenvalue weighted by molar-refractivity contribution is -0.375. The van der Waals surface area contributed by atoms with Crippen LogP contribution in [0.5, 0.6) is 0 Å². The number of allylic oxidation sites excluding steroid dienone is 1. The molecule has 3 aliphatic rings. The normalized spacial score (nSPS) is 35.9. The highest BCUT2D eigenvalue weighted by Crippen LogP contribution is 2.33. The second-order valence-corrected chi connectivity index (χ2v) is 15.9. The van der Waals surface area contributed by atoms with Crippen molar-refractivity contribution in [1.82, 2.24) is 10.6 Å². The van der Waals surface area contributed by atoms with Gasteiger partial charge in [0.05, 0.1) is 38.6 Å². The number of aliphatic hydroxyl groups excluding tert-OH is 10. The first-order chi connectivity index (χ1) is 28.7. The molecule has 17 atom stereocenters. The summed E-state index contributed by atoms with van der Waals surface area (Å²) in [6, 6.07) is -2.44. The molecule has 20 nitrogen and oxygen atoms in total. The second-order valence-electron chi connectivity index (χ2n) is 15.9. The van der Waals surface area contributed by atoms with Gasteiger partial charge in [-0.2, -0.15) is 0 Å². The molecular weight excluding hydrogens is 796 g/mol. The van der Waals surface area contributed by atoms with Gasteiger partial charge in [0.25, 0.3) is 0 Å². The van der Waals surface area contributed by atoms with Crippen LogP contribution in [-0.4, -0.2) is 194 Å². The Morgan fingerprint density at radius 3 is 1.72 bits per heavy atom. The van der Waals surface area contributed by atoms with E-state index in [0.717, 1.165) is 32.6 Å². The van der Waals surface area contributed by atoms with Gasteiger partial charge in [0.1, 0.15) is 73.2 Å². The molecule has 0 aromatic rings. The fourth-order valence-corrected chi connectivity index (χ4v) is 7.56. The Morgan fingerprint density at radius 2 is 1.15 bits per heavy atom. The van der Waals surface area contributed by atoms with Gasteiger partial charge in [0.15, 0.2) is 18.9 Å². The highest BCUT2D eigenvalue weighted by Gasteiger charge is 2.54. The van der Waals surface area contributed by atoms with Crippen LogP contribution in [0, 0.1) is 0 Å². The van der Waals surface area contributed by atoms with Crippen molar-refractivity contribution < 1.29 is 89.1 Å². The molecule has 2 amide bonds. The van der Waals surface area contributed by atoms with Crippen LogP contribution in [0.2, 0.25) is 0 Å². The minimum absolute atomic E-state index is 0.382. The minimum Gasteiger partial charge on any atom is -0.394 e. The molecule has 3 fully saturated rings. The Bertz CT molecular complexity index is 1250. The highest BCUT2D eigenvalue weighted by atomic mass is 16.8. The van der Waals surface area contributed by atoms with Gasteiger partial charge in [-0.15, -0.1) is 0 Å². The Morgan fingerprint density at radius 1 is 0.617 bits per heavy atom. The lowest BCUT2D eigenvalue weighted by Crippen LogP contribution is -2.68. The Balaban J connectivity index is 1.59. The number of aliphatic hydroxyl groups is 10. The van der Waals surface area contributed by atoms with Gasteiger partial charge in [0.2, 0.25) is 11.8 Å². The van der Waals surface area contributed by atoms with E-state index in [-0.39, 0.29) is 6.61 Å². The van der Waals surface area contributed by atoms with Crippen molar-refractivity contribution in [3.05, 3.63) is 12.2 Å². The summed E-state index contributed by atoms with van der Waals surface area (Å²) in [4.78, 5) is 23.9. The van der Waals surface area contributed by atoms with E-state index in [0.29, 0.717) is 0 Å². The summed E-state index contributed by atoms with van der Waals surface area (Å²) in [5.74, 6) is -1.13. The second kappa shape index (κ2) is 27.3. The van der Waals surface area contributed by atoms with Gasteiger partial charge in [-0.1, -0.05) is 83.3 Å². The largest absolute Gasteiger partial charge is 0.394 e. The first-order valence-electron chi connectivity index (χ1n) is 21.4. The molecule has 3 saturated heterocycles. The molecule has 60 heavy (non-hydrogen) atoms. The number of hydrogen-bond acceptors (Lipinski definition) is 18. The van der Waals surface area contributed by atoms with E-state index < -0.39 is 136 Å². The molecule has 0 saturated carbocycles. The molecule has 12 N–H and O–H groups in total. The molecule has 0 spiro atoms. The van der Waals surface area contributed by atoms with Crippen LogP contribution in [0.15, 0.2) is 12.2 Å². The summed E-state index contributed by atoms with van der Waals surface area (Å²) in [7, 11) is 0. The summed E-state index contributed by atoms with van der Waals surface area (Å²) < 4.78 is 34.2. The van der Waals surface area contributed by atoms with Gasteiger partial charge in [-0.25, -0.2) is 0 Å². The maximum Gasteiger partial charge on any atom is 0.217 e. The van der Waals surface area contributed by atoms with Crippen molar-refractivity contribution in [1.29, 1.82) is 0 Å². The van der Waals surface area contributed by atoms with Gasteiger partial charge >= 0.3 is 0 Å². The molecule has 350 valence electrons.